The minimum atomic E-state index is 0.566. The Labute approximate surface area is 92.7 Å². The average Bonchev–Trinajstić information content (AvgIpc) is 2.82. The summed E-state index contributed by atoms with van der Waals surface area (Å²) in [7, 11) is 0. The van der Waals surface area contributed by atoms with Gasteiger partial charge in [-0.05, 0) is 30.7 Å². The van der Waals surface area contributed by atoms with E-state index in [0.717, 1.165) is 11.2 Å². The van der Waals surface area contributed by atoms with Crippen LogP contribution in [-0.4, -0.2) is 15.1 Å². The fourth-order valence-electron chi connectivity index (χ4n) is 2.06. The maximum atomic E-state index is 5.74. The summed E-state index contributed by atoms with van der Waals surface area (Å²) in [4.78, 5) is 4.50. The first-order valence-corrected chi connectivity index (χ1v) is 6.23. The summed E-state index contributed by atoms with van der Waals surface area (Å²) in [6, 6.07) is 3.90. The Kier molecular flexibility index (Phi) is 2.09. The van der Waals surface area contributed by atoms with Crippen LogP contribution in [0.5, 0.6) is 0 Å². The fourth-order valence-corrected chi connectivity index (χ4v) is 3.33. The SMILES string of the molecule is Nc1ccn2c(C3CCCS3)ncc2c1. The summed E-state index contributed by atoms with van der Waals surface area (Å²) in [5.41, 5.74) is 7.63. The molecule has 0 aromatic carbocycles. The number of anilines is 1. The molecule has 0 saturated carbocycles. The van der Waals surface area contributed by atoms with E-state index in [4.69, 9.17) is 5.73 Å². The Morgan fingerprint density at radius 2 is 2.47 bits per heavy atom. The highest BCUT2D eigenvalue weighted by atomic mass is 32.2. The van der Waals surface area contributed by atoms with Gasteiger partial charge >= 0.3 is 0 Å². The van der Waals surface area contributed by atoms with Crippen LogP contribution in [0.15, 0.2) is 24.5 Å². The molecule has 0 amide bonds. The predicted molar refractivity (Wildman–Crippen MR) is 64.0 cm³/mol. The molecule has 3 nitrogen and oxygen atoms in total. The Balaban J connectivity index is 2.11. The van der Waals surface area contributed by atoms with E-state index in [-0.39, 0.29) is 0 Å². The molecule has 1 saturated heterocycles. The van der Waals surface area contributed by atoms with Crippen LogP contribution >= 0.6 is 11.8 Å². The first-order valence-electron chi connectivity index (χ1n) is 5.19. The van der Waals surface area contributed by atoms with Gasteiger partial charge in [0.25, 0.3) is 0 Å². The maximum absolute atomic E-state index is 5.74. The highest BCUT2D eigenvalue weighted by Crippen LogP contribution is 2.39. The van der Waals surface area contributed by atoms with Gasteiger partial charge in [-0.15, -0.1) is 0 Å². The van der Waals surface area contributed by atoms with Crippen molar-refractivity contribution in [2.45, 2.75) is 18.1 Å². The Bertz CT molecular complexity index is 486. The molecule has 2 aromatic rings. The van der Waals surface area contributed by atoms with Crippen LogP contribution in [0.2, 0.25) is 0 Å². The first kappa shape index (κ1) is 9.09. The normalized spacial score (nSPS) is 21.2. The van der Waals surface area contributed by atoms with E-state index in [1.807, 2.05) is 36.3 Å². The molecule has 0 spiro atoms. The van der Waals surface area contributed by atoms with Gasteiger partial charge in [0.1, 0.15) is 5.82 Å². The molecule has 1 unspecified atom stereocenters. The Morgan fingerprint density at radius 1 is 1.53 bits per heavy atom. The molecule has 1 atom stereocenters. The van der Waals surface area contributed by atoms with Gasteiger partial charge in [-0.25, -0.2) is 4.98 Å². The van der Waals surface area contributed by atoms with Crippen LogP contribution in [0.25, 0.3) is 5.52 Å². The molecule has 3 heterocycles. The third-order valence-corrected chi connectivity index (χ3v) is 4.18. The van der Waals surface area contributed by atoms with Crippen molar-refractivity contribution in [2.75, 3.05) is 11.5 Å². The predicted octanol–water partition coefficient (Wildman–Crippen LogP) is 2.48. The fraction of sp³-hybridized carbons (Fsp3) is 0.364. The number of fused-ring (bicyclic) bond motifs is 1. The van der Waals surface area contributed by atoms with E-state index in [2.05, 4.69) is 9.38 Å². The van der Waals surface area contributed by atoms with E-state index in [9.17, 15) is 0 Å². The summed E-state index contributed by atoms with van der Waals surface area (Å²) in [5, 5.41) is 0.566. The molecule has 1 aliphatic heterocycles. The maximum Gasteiger partial charge on any atom is 0.126 e. The molecule has 1 aliphatic rings. The van der Waals surface area contributed by atoms with Gasteiger partial charge in [-0.1, -0.05) is 0 Å². The molecular formula is C11H13N3S. The molecule has 78 valence electrons. The number of thioether (sulfide) groups is 1. The molecule has 2 aromatic heterocycles. The van der Waals surface area contributed by atoms with Crippen molar-refractivity contribution in [2.24, 2.45) is 0 Å². The Hall–Kier alpha value is -1.16. The zero-order valence-electron chi connectivity index (χ0n) is 8.39. The summed E-state index contributed by atoms with van der Waals surface area (Å²) in [6.45, 7) is 0. The molecule has 3 rings (SSSR count). The third-order valence-electron chi connectivity index (χ3n) is 2.80. The zero-order valence-corrected chi connectivity index (χ0v) is 9.20. The second-order valence-corrected chi connectivity index (χ2v) is 5.18. The van der Waals surface area contributed by atoms with Crippen molar-refractivity contribution >= 4 is 23.0 Å². The first-order chi connectivity index (χ1) is 7.34. The van der Waals surface area contributed by atoms with Gasteiger partial charge in [0, 0.05) is 11.9 Å². The van der Waals surface area contributed by atoms with Gasteiger partial charge < -0.3 is 10.1 Å². The lowest BCUT2D eigenvalue weighted by molar-refractivity contribution is 0.774. The molecular weight excluding hydrogens is 206 g/mol. The highest BCUT2D eigenvalue weighted by molar-refractivity contribution is 7.99. The average molecular weight is 219 g/mol. The standard InChI is InChI=1S/C11H13N3S/c12-8-3-4-14-9(6-8)7-13-11(14)10-2-1-5-15-10/h3-4,6-7,10H,1-2,5,12H2. The smallest absolute Gasteiger partial charge is 0.126 e. The topological polar surface area (TPSA) is 43.3 Å². The van der Waals surface area contributed by atoms with Crippen molar-refractivity contribution in [1.29, 1.82) is 0 Å². The molecule has 4 heteroatoms. The summed E-state index contributed by atoms with van der Waals surface area (Å²) < 4.78 is 2.15. The van der Waals surface area contributed by atoms with Crippen molar-refractivity contribution < 1.29 is 0 Å². The van der Waals surface area contributed by atoms with E-state index in [1.165, 1.54) is 24.4 Å². The number of nitrogens with two attached hydrogens (primary N) is 1. The number of aromatic nitrogens is 2. The molecule has 1 fully saturated rings. The number of nitrogens with zero attached hydrogens (tertiary/aromatic N) is 2. The Morgan fingerprint density at radius 3 is 3.27 bits per heavy atom. The van der Waals surface area contributed by atoms with Crippen LogP contribution in [0.3, 0.4) is 0 Å². The zero-order chi connectivity index (χ0) is 10.3. The van der Waals surface area contributed by atoms with Crippen molar-refractivity contribution in [3.05, 3.63) is 30.4 Å². The van der Waals surface area contributed by atoms with Gasteiger partial charge in [0.2, 0.25) is 0 Å². The number of hydrogen-bond acceptors (Lipinski definition) is 3. The number of rotatable bonds is 1. The van der Waals surface area contributed by atoms with Gasteiger partial charge in [0.15, 0.2) is 0 Å². The summed E-state index contributed by atoms with van der Waals surface area (Å²) in [6.07, 6.45) is 6.48. The minimum absolute atomic E-state index is 0.566. The second kappa shape index (κ2) is 3.45. The third kappa shape index (κ3) is 1.49. The largest absolute Gasteiger partial charge is 0.399 e. The van der Waals surface area contributed by atoms with Crippen LogP contribution in [0.1, 0.15) is 23.9 Å². The van der Waals surface area contributed by atoms with Crippen molar-refractivity contribution in [1.82, 2.24) is 9.38 Å². The molecule has 0 radical (unpaired) electrons. The number of pyridine rings is 1. The monoisotopic (exact) mass is 219 g/mol. The molecule has 2 N–H and O–H groups in total. The molecule has 0 aliphatic carbocycles. The number of imidazole rings is 1. The number of nitrogen functional groups attached to an aromatic ring is 1. The van der Waals surface area contributed by atoms with Crippen LogP contribution in [0, 0.1) is 0 Å². The van der Waals surface area contributed by atoms with E-state index >= 15 is 0 Å². The lowest BCUT2D eigenvalue weighted by Crippen LogP contribution is -1.98. The lowest BCUT2D eigenvalue weighted by Gasteiger charge is -2.07. The lowest BCUT2D eigenvalue weighted by atomic mass is 10.2. The summed E-state index contributed by atoms with van der Waals surface area (Å²) >= 11 is 2.00. The van der Waals surface area contributed by atoms with E-state index in [0.29, 0.717) is 5.25 Å². The van der Waals surface area contributed by atoms with Gasteiger partial charge in [-0.2, -0.15) is 11.8 Å². The van der Waals surface area contributed by atoms with Crippen molar-refractivity contribution in [3.8, 4) is 0 Å². The second-order valence-electron chi connectivity index (χ2n) is 3.87. The summed E-state index contributed by atoms with van der Waals surface area (Å²) in [5.74, 6) is 2.43. The molecule has 15 heavy (non-hydrogen) atoms. The van der Waals surface area contributed by atoms with E-state index in [1.54, 1.807) is 0 Å². The number of hydrogen-bond donors (Lipinski definition) is 1. The van der Waals surface area contributed by atoms with Crippen LogP contribution in [-0.2, 0) is 0 Å². The quantitative estimate of drug-likeness (QED) is 0.801. The van der Waals surface area contributed by atoms with Crippen LogP contribution < -0.4 is 5.73 Å². The molecule has 0 bridgehead atoms. The van der Waals surface area contributed by atoms with Gasteiger partial charge in [0.05, 0.1) is 17.0 Å². The van der Waals surface area contributed by atoms with Gasteiger partial charge in [-0.3, -0.25) is 0 Å². The minimum Gasteiger partial charge on any atom is -0.399 e. The van der Waals surface area contributed by atoms with E-state index < -0.39 is 0 Å². The highest BCUT2D eigenvalue weighted by Gasteiger charge is 2.21. The van der Waals surface area contributed by atoms with Crippen LogP contribution in [0.4, 0.5) is 5.69 Å². The van der Waals surface area contributed by atoms with Crippen molar-refractivity contribution in [3.63, 3.8) is 0 Å².